The van der Waals surface area contributed by atoms with Gasteiger partial charge in [0.05, 0.1) is 24.1 Å². The number of carbonyl (C=O) groups excluding carboxylic acids is 1. The van der Waals surface area contributed by atoms with Crippen LogP contribution in [0.4, 0.5) is 0 Å². The third kappa shape index (κ3) is 2.84. The Morgan fingerprint density at radius 2 is 2.24 bits per heavy atom. The number of piperidine rings is 1. The number of likely N-dealkylation sites (tertiary alicyclic amines) is 1. The molecule has 0 aliphatic carbocycles. The van der Waals surface area contributed by atoms with Gasteiger partial charge >= 0.3 is 0 Å². The average Bonchev–Trinajstić information content (AvgIpc) is 3.07. The number of hydrogen-bond donors (Lipinski definition) is 1. The molecule has 0 radical (unpaired) electrons. The van der Waals surface area contributed by atoms with Crippen LogP contribution in [-0.4, -0.2) is 37.3 Å². The van der Waals surface area contributed by atoms with Crippen LogP contribution in [0.15, 0.2) is 18.6 Å². The van der Waals surface area contributed by atoms with Crippen LogP contribution in [0.3, 0.4) is 0 Å². The molecule has 1 aliphatic rings. The number of carbonyl (C=O) groups is 1. The third-order valence-corrected chi connectivity index (χ3v) is 4.08. The molecule has 1 saturated heterocycles. The summed E-state index contributed by atoms with van der Waals surface area (Å²) < 4.78 is 1.71. The van der Waals surface area contributed by atoms with E-state index >= 15 is 0 Å². The lowest BCUT2D eigenvalue weighted by molar-refractivity contribution is -0.136. The maximum Gasteiger partial charge on any atom is 0.244 e. The molecule has 6 nitrogen and oxygen atoms in total. The predicted molar refractivity (Wildman–Crippen MR) is 78.6 cm³/mol. The second-order valence-corrected chi connectivity index (χ2v) is 5.78. The molecule has 1 atom stereocenters. The maximum atomic E-state index is 12.6. The Balaban J connectivity index is 1.77. The minimum Gasteiger partial charge on any atom is -0.332 e. The van der Waals surface area contributed by atoms with Crippen LogP contribution >= 0.6 is 0 Å². The van der Waals surface area contributed by atoms with E-state index in [1.807, 2.05) is 31.1 Å². The quantitative estimate of drug-likeness (QED) is 0.938. The van der Waals surface area contributed by atoms with Crippen molar-refractivity contribution in [3.63, 3.8) is 0 Å². The topological polar surface area (TPSA) is 66.8 Å². The van der Waals surface area contributed by atoms with E-state index < -0.39 is 0 Å². The number of hydrogen-bond acceptors (Lipinski definition) is 3. The first-order chi connectivity index (χ1) is 10.1. The molecule has 0 aromatic carbocycles. The van der Waals surface area contributed by atoms with Gasteiger partial charge in [0.25, 0.3) is 0 Å². The van der Waals surface area contributed by atoms with Crippen molar-refractivity contribution in [2.75, 3.05) is 6.54 Å². The molecule has 1 aliphatic heterocycles. The summed E-state index contributed by atoms with van der Waals surface area (Å²) in [4.78, 5) is 14.6. The summed E-state index contributed by atoms with van der Waals surface area (Å²) in [5, 5.41) is 11.4. The second kappa shape index (κ2) is 5.71. The van der Waals surface area contributed by atoms with E-state index in [-0.39, 0.29) is 11.9 Å². The highest BCUT2D eigenvalue weighted by molar-refractivity contribution is 5.76. The Morgan fingerprint density at radius 1 is 1.38 bits per heavy atom. The Labute approximate surface area is 124 Å². The van der Waals surface area contributed by atoms with Gasteiger partial charge in [0, 0.05) is 12.7 Å². The minimum absolute atomic E-state index is 0.116. The van der Waals surface area contributed by atoms with E-state index in [1.165, 1.54) is 0 Å². The lowest BCUT2D eigenvalue weighted by Crippen LogP contribution is -2.40. The van der Waals surface area contributed by atoms with Crippen molar-refractivity contribution in [3.05, 3.63) is 35.4 Å². The number of aryl methyl sites for hydroxylation is 2. The molecule has 3 heterocycles. The first-order valence-corrected chi connectivity index (χ1v) is 7.43. The third-order valence-electron chi connectivity index (χ3n) is 4.08. The molecule has 2 aromatic heterocycles. The fraction of sp³-hybridized carbons (Fsp3) is 0.533. The zero-order valence-corrected chi connectivity index (χ0v) is 12.5. The van der Waals surface area contributed by atoms with Crippen LogP contribution < -0.4 is 0 Å². The van der Waals surface area contributed by atoms with E-state index in [4.69, 9.17) is 0 Å². The number of amides is 1. The summed E-state index contributed by atoms with van der Waals surface area (Å²) >= 11 is 0. The summed E-state index contributed by atoms with van der Waals surface area (Å²) in [7, 11) is 0. The summed E-state index contributed by atoms with van der Waals surface area (Å²) in [6.07, 6.45) is 8.70. The summed E-state index contributed by atoms with van der Waals surface area (Å²) in [5.74, 6) is 0.122. The number of aromatic amines is 1. The normalized spacial score (nSPS) is 19.0. The highest BCUT2D eigenvalue weighted by Crippen LogP contribution is 2.31. The van der Waals surface area contributed by atoms with Crippen LogP contribution in [0.2, 0.25) is 0 Å². The molecule has 6 heteroatoms. The standard InChI is InChI=1S/C15H21N5O/c1-11-7-17-19(9-11)10-14(21)20-6-4-3-5-13(20)15-12(2)8-16-18-15/h7-9,13H,3-6,10H2,1-2H3,(H,16,18)/t13-/m1/s1. The Morgan fingerprint density at radius 3 is 2.90 bits per heavy atom. The highest BCUT2D eigenvalue weighted by Gasteiger charge is 2.30. The summed E-state index contributed by atoms with van der Waals surface area (Å²) in [6, 6.07) is 0.116. The molecule has 21 heavy (non-hydrogen) atoms. The van der Waals surface area contributed by atoms with Crippen molar-refractivity contribution < 1.29 is 4.79 Å². The van der Waals surface area contributed by atoms with Crippen molar-refractivity contribution >= 4 is 5.91 Å². The van der Waals surface area contributed by atoms with Crippen LogP contribution in [0, 0.1) is 13.8 Å². The Bertz CT molecular complexity index is 630. The van der Waals surface area contributed by atoms with Crippen molar-refractivity contribution in [1.29, 1.82) is 0 Å². The van der Waals surface area contributed by atoms with Gasteiger partial charge in [0.2, 0.25) is 5.91 Å². The highest BCUT2D eigenvalue weighted by atomic mass is 16.2. The second-order valence-electron chi connectivity index (χ2n) is 5.78. The molecule has 1 fully saturated rings. The van der Waals surface area contributed by atoms with Crippen molar-refractivity contribution in [3.8, 4) is 0 Å². The van der Waals surface area contributed by atoms with E-state index in [2.05, 4.69) is 15.3 Å². The van der Waals surface area contributed by atoms with Crippen molar-refractivity contribution in [2.45, 2.75) is 45.7 Å². The molecule has 0 saturated carbocycles. The van der Waals surface area contributed by atoms with Gasteiger partial charge in [0.1, 0.15) is 6.54 Å². The van der Waals surface area contributed by atoms with Gasteiger partial charge in [-0.15, -0.1) is 0 Å². The summed E-state index contributed by atoms with van der Waals surface area (Å²) in [6.45, 7) is 5.12. The van der Waals surface area contributed by atoms with E-state index in [1.54, 1.807) is 10.9 Å². The SMILES string of the molecule is Cc1cnn(CC(=O)N2CCCC[C@@H]2c2[nH]ncc2C)c1. The van der Waals surface area contributed by atoms with Gasteiger partial charge in [-0.2, -0.15) is 10.2 Å². The smallest absolute Gasteiger partial charge is 0.244 e. The molecule has 0 unspecified atom stereocenters. The average molecular weight is 287 g/mol. The summed E-state index contributed by atoms with van der Waals surface area (Å²) in [5.41, 5.74) is 3.26. The Hall–Kier alpha value is -2.11. The molecule has 0 bridgehead atoms. The Kier molecular flexibility index (Phi) is 3.77. The van der Waals surface area contributed by atoms with E-state index in [9.17, 15) is 4.79 Å². The predicted octanol–water partition coefficient (Wildman–Crippen LogP) is 1.98. The maximum absolute atomic E-state index is 12.6. The van der Waals surface area contributed by atoms with Crippen molar-refractivity contribution in [2.24, 2.45) is 0 Å². The largest absolute Gasteiger partial charge is 0.332 e. The fourth-order valence-electron chi connectivity index (χ4n) is 3.01. The van der Waals surface area contributed by atoms with Crippen LogP contribution in [0.1, 0.15) is 42.1 Å². The molecular weight excluding hydrogens is 266 g/mol. The number of aromatic nitrogens is 4. The van der Waals surface area contributed by atoms with Gasteiger partial charge in [-0.05, 0) is 44.2 Å². The number of nitrogens with one attached hydrogen (secondary N) is 1. The lowest BCUT2D eigenvalue weighted by Gasteiger charge is -2.35. The number of rotatable bonds is 3. The fourth-order valence-corrected chi connectivity index (χ4v) is 3.01. The van der Waals surface area contributed by atoms with Gasteiger partial charge in [-0.1, -0.05) is 0 Å². The van der Waals surface area contributed by atoms with Crippen LogP contribution in [0.25, 0.3) is 0 Å². The molecule has 0 spiro atoms. The molecule has 112 valence electrons. The van der Waals surface area contributed by atoms with Gasteiger partial charge in [-0.25, -0.2) is 0 Å². The number of nitrogens with zero attached hydrogens (tertiary/aromatic N) is 4. The van der Waals surface area contributed by atoms with Crippen LogP contribution in [-0.2, 0) is 11.3 Å². The molecular formula is C15H21N5O. The van der Waals surface area contributed by atoms with Gasteiger partial charge in [-0.3, -0.25) is 14.6 Å². The van der Waals surface area contributed by atoms with Gasteiger partial charge in [0.15, 0.2) is 0 Å². The zero-order chi connectivity index (χ0) is 14.8. The van der Waals surface area contributed by atoms with Crippen LogP contribution in [0.5, 0.6) is 0 Å². The first kappa shape index (κ1) is 13.9. The molecule has 3 rings (SSSR count). The van der Waals surface area contributed by atoms with Crippen molar-refractivity contribution in [1.82, 2.24) is 24.9 Å². The lowest BCUT2D eigenvalue weighted by atomic mass is 9.97. The van der Waals surface area contributed by atoms with E-state index in [0.717, 1.165) is 42.6 Å². The molecule has 1 N–H and O–H groups in total. The van der Waals surface area contributed by atoms with Gasteiger partial charge < -0.3 is 4.90 Å². The molecule has 1 amide bonds. The first-order valence-electron chi connectivity index (χ1n) is 7.43. The molecule has 2 aromatic rings. The monoisotopic (exact) mass is 287 g/mol. The minimum atomic E-state index is 0.116. The zero-order valence-electron chi connectivity index (χ0n) is 12.5. The number of H-pyrrole nitrogens is 1. The van der Waals surface area contributed by atoms with E-state index in [0.29, 0.717) is 6.54 Å².